The van der Waals surface area contributed by atoms with Gasteiger partial charge in [-0.15, -0.1) is 11.8 Å². The SMILES string of the molecule is CC(C)c1ccc(/C=C(\NC(=O)c2ccccc2)C(=O)Nc2ccc(SCC(=O)Nc3ccc(Cl)cc3)cc2)cc1. The smallest absolute Gasteiger partial charge is 0.272 e. The Morgan fingerprint density at radius 2 is 1.39 bits per heavy atom. The van der Waals surface area contributed by atoms with E-state index in [-0.39, 0.29) is 23.3 Å². The molecule has 0 heterocycles. The van der Waals surface area contributed by atoms with Crippen LogP contribution in [-0.2, 0) is 9.59 Å². The van der Waals surface area contributed by atoms with Gasteiger partial charge >= 0.3 is 0 Å². The first-order chi connectivity index (χ1) is 19.8. The van der Waals surface area contributed by atoms with E-state index >= 15 is 0 Å². The van der Waals surface area contributed by atoms with Gasteiger partial charge in [-0.25, -0.2) is 0 Å². The minimum Gasteiger partial charge on any atom is -0.325 e. The van der Waals surface area contributed by atoms with E-state index in [2.05, 4.69) is 29.8 Å². The Morgan fingerprint density at radius 3 is 2.02 bits per heavy atom. The van der Waals surface area contributed by atoms with Crippen LogP contribution in [-0.4, -0.2) is 23.5 Å². The zero-order valence-electron chi connectivity index (χ0n) is 22.7. The van der Waals surface area contributed by atoms with Crippen LogP contribution in [0.4, 0.5) is 11.4 Å². The number of rotatable bonds is 10. The molecule has 0 aliphatic rings. The van der Waals surface area contributed by atoms with Gasteiger partial charge in [-0.3, -0.25) is 14.4 Å². The first-order valence-electron chi connectivity index (χ1n) is 13.0. The molecular formula is C33H30ClN3O3S. The number of anilines is 2. The van der Waals surface area contributed by atoms with Gasteiger partial charge in [0.05, 0.1) is 5.75 Å². The molecule has 0 fully saturated rings. The molecule has 0 aliphatic carbocycles. The summed E-state index contributed by atoms with van der Waals surface area (Å²) < 4.78 is 0. The standard InChI is InChI=1S/C33H30ClN3O3S/c1-22(2)24-10-8-23(9-11-24)20-30(37-32(39)25-6-4-3-5-7-25)33(40)36-28-16-18-29(19-17-28)41-21-31(38)35-27-14-12-26(34)13-15-27/h3-20,22H,21H2,1-2H3,(H,35,38)(H,36,40)(H,37,39)/b30-20-. The summed E-state index contributed by atoms with van der Waals surface area (Å²) in [5.41, 5.74) is 3.77. The van der Waals surface area contributed by atoms with Gasteiger partial charge in [0.2, 0.25) is 5.91 Å². The molecule has 41 heavy (non-hydrogen) atoms. The Hall–Kier alpha value is -4.33. The second-order valence-corrected chi connectivity index (χ2v) is 11.0. The first-order valence-corrected chi connectivity index (χ1v) is 14.4. The lowest BCUT2D eigenvalue weighted by molar-refractivity contribution is -0.114. The monoisotopic (exact) mass is 583 g/mol. The molecule has 0 bridgehead atoms. The molecule has 6 nitrogen and oxygen atoms in total. The van der Waals surface area contributed by atoms with E-state index in [0.717, 1.165) is 10.5 Å². The van der Waals surface area contributed by atoms with Gasteiger partial charge < -0.3 is 16.0 Å². The highest BCUT2D eigenvalue weighted by atomic mass is 35.5. The Bertz CT molecular complexity index is 1520. The van der Waals surface area contributed by atoms with Crippen molar-refractivity contribution in [3.05, 3.63) is 131 Å². The van der Waals surface area contributed by atoms with Crippen molar-refractivity contribution in [1.82, 2.24) is 5.32 Å². The van der Waals surface area contributed by atoms with E-state index in [0.29, 0.717) is 27.9 Å². The van der Waals surface area contributed by atoms with Crippen molar-refractivity contribution >= 4 is 58.5 Å². The van der Waals surface area contributed by atoms with E-state index in [1.54, 1.807) is 66.7 Å². The van der Waals surface area contributed by atoms with Gasteiger partial charge in [0, 0.05) is 26.9 Å². The van der Waals surface area contributed by atoms with Crippen LogP contribution in [0.2, 0.25) is 5.02 Å². The molecule has 4 aromatic rings. The van der Waals surface area contributed by atoms with E-state index in [1.165, 1.54) is 17.3 Å². The predicted molar refractivity (Wildman–Crippen MR) is 168 cm³/mol. The maximum atomic E-state index is 13.3. The number of thioether (sulfide) groups is 1. The molecule has 0 saturated carbocycles. The molecule has 8 heteroatoms. The molecule has 0 spiro atoms. The lowest BCUT2D eigenvalue weighted by atomic mass is 10.0. The number of hydrogen-bond donors (Lipinski definition) is 3. The Balaban J connectivity index is 1.41. The third-order valence-corrected chi connectivity index (χ3v) is 7.32. The van der Waals surface area contributed by atoms with Crippen molar-refractivity contribution in [2.24, 2.45) is 0 Å². The lowest BCUT2D eigenvalue weighted by Crippen LogP contribution is -2.30. The van der Waals surface area contributed by atoms with Gasteiger partial charge in [0.15, 0.2) is 0 Å². The summed E-state index contributed by atoms with van der Waals surface area (Å²) in [6.45, 7) is 4.23. The summed E-state index contributed by atoms with van der Waals surface area (Å²) >= 11 is 7.26. The summed E-state index contributed by atoms with van der Waals surface area (Å²) in [5, 5.41) is 9.05. The fourth-order valence-corrected chi connectivity index (χ4v) is 4.62. The van der Waals surface area contributed by atoms with Crippen molar-refractivity contribution < 1.29 is 14.4 Å². The zero-order valence-corrected chi connectivity index (χ0v) is 24.3. The van der Waals surface area contributed by atoms with Crippen LogP contribution < -0.4 is 16.0 Å². The molecule has 0 atom stereocenters. The fourth-order valence-electron chi connectivity index (χ4n) is 3.80. The van der Waals surface area contributed by atoms with Crippen molar-refractivity contribution in [2.75, 3.05) is 16.4 Å². The predicted octanol–water partition coefficient (Wildman–Crippen LogP) is 7.60. The maximum Gasteiger partial charge on any atom is 0.272 e. The van der Waals surface area contributed by atoms with Crippen LogP contribution in [0.15, 0.2) is 114 Å². The van der Waals surface area contributed by atoms with Crippen LogP contribution in [0.5, 0.6) is 0 Å². The summed E-state index contributed by atoms with van der Waals surface area (Å²) in [6, 6.07) is 30.7. The minimum atomic E-state index is -0.454. The molecule has 0 saturated heterocycles. The fraction of sp³-hybridized carbons (Fsp3) is 0.121. The second-order valence-electron chi connectivity index (χ2n) is 9.52. The summed E-state index contributed by atoms with van der Waals surface area (Å²) in [7, 11) is 0. The van der Waals surface area contributed by atoms with E-state index in [1.807, 2.05) is 42.5 Å². The first kappa shape index (κ1) is 29.6. The van der Waals surface area contributed by atoms with Crippen molar-refractivity contribution in [1.29, 1.82) is 0 Å². The zero-order chi connectivity index (χ0) is 29.2. The Morgan fingerprint density at radius 1 is 0.780 bits per heavy atom. The number of hydrogen-bond acceptors (Lipinski definition) is 4. The molecule has 0 aromatic heterocycles. The highest BCUT2D eigenvalue weighted by Gasteiger charge is 2.15. The number of carbonyl (C=O) groups is 3. The highest BCUT2D eigenvalue weighted by molar-refractivity contribution is 8.00. The Labute approximate surface area is 249 Å². The van der Waals surface area contributed by atoms with Gasteiger partial charge in [-0.05, 0) is 83.8 Å². The quantitative estimate of drug-likeness (QED) is 0.132. The highest BCUT2D eigenvalue weighted by Crippen LogP contribution is 2.22. The van der Waals surface area contributed by atoms with E-state index in [4.69, 9.17) is 11.6 Å². The Kier molecular flexibility index (Phi) is 10.4. The number of carbonyl (C=O) groups excluding carboxylic acids is 3. The van der Waals surface area contributed by atoms with E-state index < -0.39 is 5.91 Å². The van der Waals surface area contributed by atoms with Crippen LogP contribution in [0.1, 0.15) is 41.3 Å². The van der Waals surface area contributed by atoms with Crippen molar-refractivity contribution in [2.45, 2.75) is 24.7 Å². The van der Waals surface area contributed by atoms with Crippen LogP contribution in [0.25, 0.3) is 6.08 Å². The number of benzene rings is 4. The summed E-state index contributed by atoms with van der Waals surface area (Å²) in [6.07, 6.45) is 1.66. The summed E-state index contributed by atoms with van der Waals surface area (Å²) in [4.78, 5) is 39.3. The third kappa shape index (κ3) is 9.10. The van der Waals surface area contributed by atoms with Crippen molar-refractivity contribution in [3.63, 3.8) is 0 Å². The molecule has 3 amide bonds. The number of nitrogens with one attached hydrogen (secondary N) is 3. The third-order valence-electron chi connectivity index (χ3n) is 6.05. The molecular weight excluding hydrogens is 554 g/mol. The molecule has 0 radical (unpaired) electrons. The normalized spacial score (nSPS) is 11.2. The van der Waals surface area contributed by atoms with Gasteiger partial charge in [0.1, 0.15) is 5.70 Å². The topological polar surface area (TPSA) is 87.3 Å². The lowest BCUT2D eigenvalue weighted by Gasteiger charge is -2.12. The molecule has 4 rings (SSSR count). The largest absolute Gasteiger partial charge is 0.325 e. The molecule has 0 aliphatic heterocycles. The van der Waals surface area contributed by atoms with Gasteiger partial charge in [-0.2, -0.15) is 0 Å². The number of halogens is 1. The van der Waals surface area contributed by atoms with Gasteiger partial charge in [0.25, 0.3) is 11.8 Å². The number of amides is 3. The van der Waals surface area contributed by atoms with Crippen LogP contribution in [0.3, 0.4) is 0 Å². The van der Waals surface area contributed by atoms with Gasteiger partial charge in [-0.1, -0.05) is 67.9 Å². The average molecular weight is 584 g/mol. The molecule has 0 unspecified atom stereocenters. The molecule has 208 valence electrons. The molecule has 4 aromatic carbocycles. The van der Waals surface area contributed by atoms with E-state index in [9.17, 15) is 14.4 Å². The maximum absolute atomic E-state index is 13.3. The second kappa shape index (κ2) is 14.3. The molecule has 3 N–H and O–H groups in total. The average Bonchev–Trinajstić information content (AvgIpc) is 2.98. The minimum absolute atomic E-state index is 0.119. The summed E-state index contributed by atoms with van der Waals surface area (Å²) in [5.74, 6) is -0.366. The van der Waals surface area contributed by atoms with Crippen molar-refractivity contribution in [3.8, 4) is 0 Å². The van der Waals surface area contributed by atoms with Crippen LogP contribution in [0, 0.1) is 0 Å². The van der Waals surface area contributed by atoms with Crippen LogP contribution >= 0.6 is 23.4 Å².